The molecule has 1 aromatic rings. The van der Waals surface area contributed by atoms with Gasteiger partial charge in [-0.2, -0.15) is 0 Å². The lowest BCUT2D eigenvalue weighted by atomic mass is 10.1. The van der Waals surface area contributed by atoms with Gasteiger partial charge in [-0.25, -0.2) is 0 Å². The Hall–Kier alpha value is -0.310. The minimum Gasteiger partial charge on any atom is -0.465 e. The zero-order valence-electron chi connectivity index (χ0n) is 11.6. The Bertz CT molecular complexity index is 414. The molecule has 1 N–H and O–H groups in total. The highest BCUT2D eigenvalue weighted by Crippen LogP contribution is 2.29. The molecule has 0 saturated heterocycles. The van der Waals surface area contributed by atoms with E-state index in [4.69, 9.17) is 4.74 Å². The summed E-state index contributed by atoms with van der Waals surface area (Å²) in [6.45, 7) is 6.74. The Kier molecular flexibility index (Phi) is 7.12. The number of carbonyl (C=O) groups is 1. The molecule has 0 aliphatic carbocycles. The first-order valence-corrected chi connectivity index (χ1v) is 9.01. The lowest BCUT2D eigenvalue weighted by Crippen LogP contribution is -2.52. The van der Waals surface area contributed by atoms with Crippen LogP contribution < -0.4 is 5.32 Å². The number of carbonyl (C=O) groups excluding carboxylic acids is 1. The molecular formula is C11H19N3O2S3. The lowest BCUT2D eigenvalue weighted by Gasteiger charge is -2.27. The Morgan fingerprint density at radius 2 is 2.11 bits per heavy atom. The van der Waals surface area contributed by atoms with Crippen LogP contribution in [0.1, 0.15) is 20.8 Å². The summed E-state index contributed by atoms with van der Waals surface area (Å²) in [5.74, 6) is 0.349. The number of hydrogen-bond donors (Lipinski definition) is 1. The van der Waals surface area contributed by atoms with E-state index < -0.39 is 5.54 Å². The van der Waals surface area contributed by atoms with E-state index in [9.17, 15) is 4.79 Å². The zero-order valence-corrected chi connectivity index (χ0v) is 14.0. The summed E-state index contributed by atoms with van der Waals surface area (Å²) in [6, 6.07) is 0. The molecule has 1 aromatic heterocycles. The van der Waals surface area contributed by atoms with Gasteiger partial charge in [-0.05, 0) is 26.6 Å². The minimum atomic E-state index is -0.694. The van der Waals surface area contributed by atoms with Gasteiger partial charge >= 0.3 is 5.97 Å². The summed E-state index contributed by atoms with van der Waals surface area (Å²) < 4.78 is 6.93. The second-order valence-electron chi connectivity index (χ2n) is 3.91. The van der Waals surface area contributed by atoms with Crippen LogP contribution in [0.3, 0.4) is 0 Å². The number of ether oxygens (including phenoxy) is 1. The van der Waals surface area contributed by atoms with Crippen molar-refractivity contribution in [2.75, 3.05) is 25.2 Å². The predicted octanol–water partition coefficient (Wildman–Crippen LogP) is 2.28. The molecule has 1 atom stereocenters. The molecule has 0 aliphatic heterocycles. The van der Waals surface area contributed by atoms with Crippen molar-refractivity contribution in [3.05, 3.63) is 0 Å². The number of nitrogens with zero attached hydrogens (tertiary/aromatic N) is 2. The fraction of sp³-hybridized carbons (Fsp3) is 0.727. The highest BCUT2D eigenvalue weighted by molar-refractivity contribution is 8.03. The second kappa shape index (κ2) is 8.08. The highest BCUT2D eigenvalue weighted by atomic mass is 32.2. The molecule has 0 aliphatic rings. The van der Waals surface area contributed by atoms with Crippen LogP contribution in [0.15, 0.2) is 8.68 Å². The van der Waals surface area contributed by atoms with Gasteiger partial charge in [-0.3, -0.25) is 4.79 Å². The van der Waals surface area contributed by atoms with Crippen molar-refractivity contribution in [1.29, 1.82) is 0 Å². The molecule has 19 heavy (non-hydrogen) atoms. The van der Waals surface area contributed by atoms with E-state index in [0.29, 0.717) is 18.9 Å². The minimum absolute atomic E-state index is 0.223. The summed E-state index contributed by atoms with van der Waals surface area (Å²) >= 11 is 4.64. The van der Waals surface area contributed by atoms with E-state index in [-0.39, 0.29) is 5.97 Å². The average Bonchev–Trinajstić information content (AvgIpc) is 2.85. The maximum absolute atomic E-state index is 12.0. The number of aromatic nitrogens is 2. The molecule has 0 radical (unpaired) electrons. The topological polar surface area (TPSA) is 64.1 Å². The monoisotopic (exact) mass is 321 g/mol. The molecule has 0 spiro atoms. The van der Waals surface area contributed by atoms with Crippen LogP contribution in [0.25, 0.3) is 0 Å². The molecule has 1 rings (SSSR count). The normalized spacial score (nSPS) is 14.1. The van der Waals surface area contributed by atoms with E-state index in [1.54, 1.807) is 23.1 Å². The summed E-state index contributed by atoms with van der Waals surface area (Å²) in [5.41, 5.74) is -0.694. The van der Waals surface area contributed by atoms with Gasteiger partial charge in [0.1, 0.15) is 5.54 Å². The first kappa shape index (κ1) is 16.7. The van der Waals surface area contributed by atoms with Gasteiger partial charge in [0.2, 0.25) is 0 Å². The highest BCUT2D eigenvalue weighted by Gasteiger charge is 2.34. The van der Waals surface area contributed by atoms with Crippen LogP contribution in [0.4, 0.5) is 0 Å². The number of likely N-dealkylation sites (N-methyl/N-ethyl adjacent to an activating group) is 1. The van der Waals surface area contributed by atoms with Gasteiger partial charge < -0.3 is 10.1 Å². The summed E-state index contributed by atoms with van der Waals surface area (Å²) in [7, 11) is 0. The van der Waals surface area contributed by atoms with Crippen LogP contribution in [0, 0.1) is 0 Å². The van der Waals surface area contributed by atoms with Gasteiger partial charge in [0.15, 0.2) is 8.68 Å². The smallest absolute Gasteiger partial charge is 0.326 e. The number of rotatable bonds is 8. The van der Waals surface area contributed by atoms with E-state index in [0.717, 1.165) is 8.68 Å². The third kappa shape index (κ3) is 4.94. The van der Waals surface area contributed by atoms with Gasteiger partial charge in [-0.15, -0.1) is 10.2 Å². The van der Waals surface area contributed by atoms with Crippen LogP contribution in [-0.4, -0.2) is 46.9 Å². The van der Waals surface area contributed by atoms with E-state index in [1.165, 1.54) is 11.8 Å². The first-order valence-electron chi connectivity index (χ1n) is 5.98. The van der Waals surface area contributed by atoms with E-state index in [1.807, 2.05) is 27.0 Å². The van der Waals surface area contributed by atoms with Crippen molar-refractivity contribution >= 4 is 40.8 Å². The maximum atomic E-state index is 12.0. The average molecular weight is 321 g/mol. The van der Waals surface area contributed by atoms with Gasteiger partial charge in [0.25, 0.3) is 0 Å². The molecule has 0 bridgehead atoms. The molecule has 0 saturated carbocycles. The molecule has 0 aromatic carbocycles. The number of thioether (sulfide) groups is 2. The summed E-state index contributed by atoms with van der Waals surface area (Å²) in [6.07, 6.45) is 1.97. The predicted molar refractivity (Wildman–Crippen MR) is 81.1 cm³/mol. The van der Waals surface area contributed by atoms with Crippen molar-refractivity contribution in [1.82, 2.24) is 15.5 Å². The number of nitrogens with one attached hydrogen (secondary N) is 1. The maximum Gasteiger partial charge on any atom is 0.326 e. The molecule has 0 fully saturated rings. The van der Waals surface area contributed by atoms with Crippen LogP contribution in [0.5, 0.6) is 0 Å². The van der Waals surface area contributed by atoms with Crippen molar-refractivity contribution < 1.29 is 9.53 Å². The summed E-state index contributed by atoms with van der Waals surface area (Å²) in [5, 5.41) is 11.3. The van der Waals surface area contributed by atoms with Crippen molar-refractivity contribution in [3.63, 3.8) is 0 Å². The molecule has 5 nitrogen and oxygen atoms in total. The number of esters is 1. The van der Waals surface area contributed by atoms with Crippen molar-refractivity contribution in [3.8, 4) is 0 Å². The largest absolute Gasteiger partial charge is 0.465 e. The van der Waals surface area contributed by atoms with Crippen molar-refractivity contribution in [2.45, 2.75) is 35.0 Å². The molecule has 1 heterocycles. The molecule has 108 valence electrons. The molecule has 1 unspecified atom stereocenters. The SMILES string of the molecule is CCNC(C)(CSc1nnc(SC)s1)C(=O)OCC. The number of hydrogen-bond acceptors (Lipinski definition) is 8. The van der Waals surface area contributed by atoms with Crippen molar-refractivity contribution in [2.24, 2.45) is 0 Å². The molecular weight excluding hydrogens is 302 g/mol. The fourth-order valence-electron chi connectivity index (χ4n) is 1.41. The Balaban J connectivity index is 2.64. The summed E-state index contributed by atoms with van der Waals surface area (Å²) in [4.78, 5) is 12.0. The standard InChI is InChI=1S/C11H19N3O2S3/c1-5-12-11(3,8(15)16-6-2)7-18-10-14-13-9(17-4)19-10/h12H,5-7H2,1-4H3. The lowest BCUT2D eigenvalue weighted by molar-refractivity contribution is -0.149. The third-order valence-electron chi connectivity index (χ3n) is 2.34. The quantitative estimate of drug-likeness (QED) is 0.582. The molecule has 0 amide bonds. The van der Waals surface area contributed by atoms with Gasteiger partial charge in [0.05, 0.1) is 6.61 Å². The fourth-order valence-corrected chi connectivity index (χ4v) is 3.95. The van der Waals surface area contributed by atoms with Gasteiger partial charge in [-0.1, -0.05) is 41.8 Å². The van der Waals surface area contributed by atoms with Crippen LogP contribution in [0.2, 0.25) is 0 Å². The second-order valence-corrected chi connectivity index (χ2v) is 7.16. The Morgan fingerprint density at radius 1 is 1.42 bits per heavy atom. The van der Waals surface area contributed by atoms with Gasteiger partial charge in [0, 0.05) is 5.75 Å². The first-order chi connectivity index (χ1) is 9.05. The molecule has 8 heteroatoms. The van der Waals surface area contributed by atoms with E-state index in [2.05, 4.69) is 15.5 Å². The van der Waals surface area contributed by atoms with E-state index >= 15 is 0 Å². The van der Waals surface area contributed by atoms with Crippen LogP contribution in [-0.2, 0) is 9.53 Å². The zero-order chi connectivity index (χ0) is 14.3. The van der Waals surface area contributed by atoms with Crippen LogP contribution >= 0.6 is 34.9 Å². The third-order valence-corrected chi connectivity index (χ3v) is 5.69. The Morgan fingerprint density at radius 3 is 2.63 bits per heavy atom. The Labute approximate surface area is 126 Å².